The number of hydrogen-bond donors (Lipinski definition) is 6. The molecule has 9 heteroatoms. The number of amides is 1. The molecule has 1 rings (SSSR count). The van der Waals surface area contributed by atoms with Crippen LogP contribution >= 0.6 is 0 Å². The maximum Gasteiger partial charge on any atom is 0.220 e. The van der Waals surface area contributed by atoms with Crippen LogP contribution in [-0.2, 0) is 14.3 Å². The summed E-state index contributed by atoms with van der Waals surface area (Å²) >= 11 is 0. The van der Waals surface area contributed by atoms with E-state index in [9.17, 15) is 30.3 Å². The molecule has 0 spiro atoms. The van der Waals surface area contributed by atoms with Crippen LogP contribution < -0.4 is 5.32 Å². The molecule has 7 unspecified atom stereocenters. The molecule has 0 aromatic heterocycles. The molecular formula is C39H73NO8. The lowest BCUT2D eigenvalue weighted by atomic mass is 9.99. The summed E-state index contributed by atoms with van der Waals surface area (Å²) in [6.07, 6.45) is 26.3. The number of carbonyl (C=O) groups excluding carboxylic acids is 1. The fourth-order valence-electron chi connectivity index (χ4n) is 6.07. The number of allylic oxidation sites excluding steroid dienone is 4. The lowest BCUT2D eigenvalue weighted by Gasteiger charge is -2.40. The summed E-state index contributed by atoms with van der Waals surface area (Å²) in [6, 6.07) is -0.717. The number of aliphatic hydroxyl groups is 5. The summed E-state index contributed by atoms with van der Waals surface area (Å²) in [4.78, 5) is 12.8. The topological polar surface area (TPSA) is 149 Å². The van der Waals surface area contributed by atoms with Gasteiger partial charge in [-0.1, -0.05) is 134 Å². The van der Waals surface area contributed by atoms with Crippen molar-refractivity contribution < 1.29 is 39.8 Å². The van der Waals surface area contributed by atoms with E-state index in [0.29, 0.717) is 12.8 Å². The second-order valence-electron chi connectivity index (χ2n) is 13.7. The first-order chi connectivity index (χ1) is 23.3. The molecule has 1 fully saturated rings. The summed E-state index contributed by atoms with van der Waals surface area (Å²) < 4.78 is 11.2. The zero-order valence-corrected chi connectivity index (χ0v) is 30.5. The minimum absolute atomic E-state index is 0.142. The molecule has 0 aromatic carbocycles. The van der Waals surface area contributed by atoms with Crippen molar-refractivity contribution in [1.29, 1.82) is 0 Å². The average Bonchev–Trinajstić information content (AvgIpc) is 3.08. The Bertz CT molecular complexity index is 807. The molecular weight excluding hydrogens is 610 g/mol. The number of unbranched alkanes of at least 4 members (excludes halogenated alkanes) is 17. The quantitative estimate of drug-likeness (QED) is 0.0346. The number of hydrogen-bond acceptors (Lipinski definition) is 8. The molecule has 0 bridgehead atoms. The molecule has 6 N–H and O–H groups in total. The first-order valence-corrected chi connectivity index (χ1v) is 19.5. The molecule has 0 saturated carbocycles. The fraction of sp³-hybridized carbons (Fsp3) is 0.872. The molecule has 7 atom stereocenters. The van der Waals surface area contributed by atoms with Crippen LogP contribution in [0.1, 0.15) is 162 Å². The van der Waals surface area contributed by atoms with Crippen molar-refractivity contribution in [3.63, 3.8) is 0 Å². The van der Waals surface area contributed by atoms with E-state index in [2.05, 4.69) is 43.5 Å². The highest BCUT2D eigenvalue weighted by Crippen LogP contribution is 2.23. The van der Waals surface area contributed by atoms with Crippen molar-refractivity contribution >= 4 is 5.91 Å². The Kier molecular flexibility index (Phi) is 28.4. The van der Waals surface area contributed by atoms with E-state index < -0.39 is 49.5 Å². The summed E-state index contributed by atoms with van der Waals surface area (Å²) in [5.74, 6) is -0.158. The van der Waals surface area contributed by atoms with E-state index in [-0.39, 0.29) is 12.5 Å². The standard InChI is InChI=1S/C39H73NO8/c1-3-5-7-9-11-12-13-14-15-16-17-18-19-20-21-23-25-27-29-35(43)40-32(33(42)28-26-24-22-10-8-6-4-2)31-47-39-38(46)37(45)36(44)34(30-41)48-39/h12-13,15-16,32-34,36-39,41-42,44-46H,3-11,14,17-31H2,1-2H3,(H,40,43)/b13-12-,16-15-. The van der Waals surface area contributed by atoms with Crippen molar-refractivity contribution in [1.82, 2.24) is 5.32 Å². The van der Waals surface area contributed by atoms with Crippen LogP contribution in [0.25, 0.3) is 0 Å². The van der Waals surface area contributed by atoms with Gasteiger partial charge in [-0.3, -0.25) is 4.79 Å². The molecule has 1 heterocycles. The predicted molar refractivity (Wildman–Crippen MR) is 193 cm³/mol. The van der Waals surface area contributed by atoms with Crippen molar-refractivity contribution in [2.45, 2.75) is 204 Å². The van der Waals surface area contributed by atoms with Gasteiger partial charge in [0.15, 0.2) is 6.29 Å². The number of ether oxygens (including phenoxy) is 2. The summed E-state index contributed by atoms with van der Waals surface area (Å²) in [5.41, 5.74) is 0. The Morgan fingerprint density at radius 1 is 0.708 bits per heavy atom. The molecule has 0 aliphatic carbocycles. The van der Waals surface area contributed by atoms with E-state index >= 15 is 0 Å². The van der Waals surface area contributed by atoms with Gasteiger partial charge in [0.2, 0.25) is 5.91 Å². The summed E-state index contributed by atoms with van der Waals surface area (Å²) in [7, 11) is 0. The van der Waals surface area contributed by atoms with Gasteiger partial charge in [0.1, 0.15) is 24.4 Å². The summed E-state index contributed by atoms with van der Waals surface area (Å²) in [5, 5.41) is 53.8. The lowest BCUT2D eigenvalue weighted by molar-refractivity contribution is -0.302. The van der Waals surface area contributed by atoms with Crippen LogP contribution in [0.4, 0.5) is 0 Å². The minimum Gasteiger partial charge on any atom is -0.394 e. The van der Waals surface area contributed by atoms with E-state index in [1.807, 2.05) is 0 Å². The van der Waals surface area contributed by atoms with Crippen LogP contribution in [0, 0.1) is 0 Å². The van der Waals surface area contributed by atoms with Crippen LogP contribution in [0.3, 0.4) is 0 Å². The number of aliphatic hydroxyl groups excluding tert-OH is 5. The predicted octanol–water partition coefficient (Wildman–Crippen LogP) is 6.77. The Morgan fingerprint density at radius 2 is 1.23 bits per heavy atom. The van der Waals surface area contributed by atoms with E-state index in [0.717, 1.165) is 51.4 Å². The third kappa shape index (κ3) is 21.7. The third-order valence-corrected chi connectivity index (χ3v) is 9.31. The fourth-order valence-corrected chi connectivity index (χ4v) is 6.07. The van der Waals surface area contributed by atoms with Crippen LogP contribution in [0.2, 0.25) is 0 Å². The zero-order valence-electron chi connectivity index (χ0n) is 30.5. The van der Waals surface area contributed by atoms with Gasteiger partial charge in [0, 0.05) is 6.42 Å². The summed E-state index contributed by atoms with van der Waals surface area (Å²) in [6.45, 7) is 3.74. The first kappa shape index (κ1) is 44.7. The highest BCUT2D eigenvalue weighted by molar-refractivity contribution is 5.76. The molecule has 1 aliphatic heterocycles. The largest absolute Gasteiger partial charge is 0.394 e. The van der Waals surface area contributed by atoms with E-state index in [1.165, 1.54) is 83.5 Å². The SMILES string of the molecule is CCCCCC/C=C\C/C=C\CCCCCCCCCC(=O)NC(COC1OC(CO)C(O)C(O)C1O)C(O)CCCCCCCCC. The second-order valence-corrected chi connectivity index (χ2v) is 13.7. The molecule has 0 aromatic rings. The van der Waals surface area contributed by atoms with Gasteiger partial charge in [-0.25, -0.2) is 0 Å². The molecule has 1 amide bonds. The maximum atomic E-state index is 12.8. The zero-order chi connectivity index (χ0) is 35.2. The van der Waals surface area contributed by atoms with Crippen LogP contribution in [-0.4, -0.2) is 87.5 Å². The third-order valence-electron chi connectivity index (χ3n) is 9.31. The monoisotopic (exact) mass is 684 g/mol. The molecule has 9 nitrogen and oxygen atoms in total. The normalized spacial score (nSPS) is 22.9. The van der Waals surface area contributed by atoms with Gasteiger partial charge in [-0.2, -0.15) is 0 Å². The maximum absolute atomic E-state index is 12.8. The van der Waals surface area contributed by atoms with E-state index in [4.69, 9.17) is 9.47 Å². The van der Waals surface area contributed by atoms with Gasteiger partial charge in [-0.05, 0) is 44.9 Å². The van der Waals surface area contributed by atoms with Crippen LogP contribution in [0.5, 0.6) is 0 Å². The molecule has 1 saturated heterocycles. The van der Waals surface area contributed by atoms with Gasteiger partial charge < -0.3 is 40.3 Å². The molecule has 282 valence electrons. The van der Waals surface area contributed by atoms with Gasteiger partial charge in [-0.15, -0.1) is 0 Å². The van der Waals surface area contributed by atoms with E-state index in [1.54, 1.807) is 0 Å². The Hall–Kier alpha value is -1.33. The van der Waals surface area contributed by atoms with Crippen molar-refractivity contribution in [3.05, 3.63) is 24.3 Å². The van der Waals surface area contributed by atoms with Gasteiger partial charge >= 0.3 is 0 Å². The molecule has 48 heavy (non-hydrogen) atoms. The lowest BCUT2D eigenvalue weighted by Crippen LogP contribution is -2.60. The van der Waals surface area contributed by atoms with Crippen LogP contribution in [0.15, 0.2) is 24.3 Å². The Morgan fingerprint density at radius 3 is 1.81 bits per heavy atom. The van der Waals surface area contributed by atoms with Gasteiger partial charge in [0.05, 0.1) is 25.4 Å². The minimum atomic E-state index is -1.55. The average molecular weight is 684 g/mol. The second kappa shape index (κ2) is 30.5. The van der Waals surface area contributed by atoms with Gasteiger partial charge in [0.25, 0.3) is 0 Å². The van der Waals surface area contributed by atoms with Crippen molar-refractivity contribution in [3.8, 4) is 0 Å². The highest BCUT2D eigenvalue weighted by atomic mass is 16.7. The van der Waals surface area contributed by atoms with Crippen molar-refractivity contribution in [2.24, 2.45) is 0 Å². The smallest absolute Gasteiger partial charge is 0.220 e. The van der Waals surface area contributed by atoms with Crippen molar-refractivity contribution in [2.75, 3.05) is 13.2 Å². The Balaban J connectivity index is 2.33. The number of rotatable bonds is 31. The first-order valence-electron chi connectivity index (χ1n) is 19.5. The Labute approximate surface area is 292 Å². The molecule has 0 radical (unpaired) electrons. The number of nitrogens with one attached hydrogen (secondary N) is 1. The number of carbonyl (C=O) groups is 1. The highest BCUT2D eigenvalue weighted by Gasteiger charge is 2.44. The molecule has 1 aliphatic rings.